The van der Waals surface area contributed by atoms with Gasteiger partial charge in [-0.25, -0.2) is 0 Å². The van der Waals surface area contributed by atoms with Crippen LogP contribution in [0.4, 0.5) is 0 Å². The van der Waals surface area contributed by atoms with Crippen molar-refractivity contribution in [3.05, 3.63) is 138 Å². The van der Waals surface area contributed by atoms with Gasteiger partial charge in [-0.05, 0) is 34.4 Å². The summed E-state index contributed by atoms with van der Waals surface area (Å²) in [5.41, 5.74) is 3.59. The van der Waals surface area contributed by atoms with E-state index in [2.05, 4.69) is 10.3 Å². The van der Waals surface area contributed by atoms with Crippen molar-refractivity contribution in [3.63, 3.8) is 0 Å². The Labute approximate surface area is 200 Å². The van der Waals surface area contributed by atoms with E-state index in [9.17, 15) is 9.59 Å². The molecule has 0 radical (unpaired) electrons. The molecule has 1 aromatic heterocycles. The third-order valence-corrected chi connectivity index (χ3v) is 5.61. The van der Waals surface area contributed by atoms with Gasteiger partial charge in [-0.15, -0.1) is 0 Å². The van der Waals surface area contributed by atoms with Gasteiger partial charge in [0.2, 0.25) is 11.8 Å². The molecule has 0 aliphatic carbocycles. The zero-order valence-electron chi connectivity index (χ0n) is 18.9. The molecule has 0 aliphatic rings. The van der Waals surface area contributed by atoms with Gasteiger partial charge in [0.05, 0.1) is 6.42 Å². The molecular weight excluding hydrogens is 422 g/mol. The Balaban J connectivity index is 1.66. The van der Waals surface area contributed by atoms with Crippen molar-refractivity contribution < 1.29 is 9.59 Å². The molecule has 1 heterocycles. The Morgan fingerprint density at radius 2 is 1.26 bits per heavy atom. The minimum Gasteiger partial charge on any atom is -0.350 e. The Bertz CT molecular complexity index is 1180. The second kappa shape index (κ2) is 11.6. The van der Waals surface area contributed by atoms with Gasteiger partial charge in [0.1, 0.15) is 6.04 Å². The zero-order valence-corrected chi connectivity index (χ0v) is 18.9. The van der Waals surface area contributed by atoms with Gasteiger partial charge in [0.15, 0.2) is 0 Å². The molecule has 0 saturated carbocycles. The Kier molecular flexibility index (Phi) is 7.80. The zero-order chi connectivity index (χ0) is 23.6. The maximum Gasteiger partial charge on any atom is 0.247 e. The quantitative estimate of drug-likeness (QED) is 0.403. The van der Waals surface area contributed by atoms with E-state index in [1.54, 1.807) is 17.3 Å². The lowest BCUT2D eigenvalue weighted by Gasteiger charge is -2.32. The first-order chi connectivity index (χ1) is 16.7. The average molecular weight is 450 g/mol. The van der Waals surface area contributed by atoms with Crippen LogP contribution in [-0.2, 0) is 29.1 Å². The smallest absolute Gasteiger partial charge is 0.247 e. The largest absolute Gasteiger partial charge is 0.350 e. The number of nitrogens with one attached hydrogen (secondary N) is 1. The lowest BCUT2D eigenvalue weighted by molar-refractivity contribution is -0.141. The Hall–Kier alpha value is -4.25. The highest BCUT2D eigenvalue weighted by Crippen LogP contribution is 2.25. The molecule has 0 aliphatic heterocycles. The molecule has 4 rings (SSSR count). The fourth-order valence-corrected chi connectivity index (χ4v) is 3.87. The van der Waals surface area contributed by atoms with Crippen LogP contribution in [-0.4, -0.2) is 21.7 Å². The number of pyridine rings is 1. The van der Waals surface area contributed by atoms with E-state index in [-0.39, 0.29) is 18.2 Å². The van der Waals surface area contributed by atoms with E-state index >= 15 is 0 Å². The summed E-state index contributed by atoms with van der Waals surface area (Å²) in [4.78, 5) is 32.9. The van der Waals surface area contributed by atoms with Crippen molar-refractivity contribution in [1.82, 2.24) is 15.2 Å². The fraction of sp³-hybridized carbons (Fsp3) is 0.138. The third kappa shape index (κ3) is 6.17. The normalized spacial score (nSPS) is 11.4. The number of hydrogen-bond acceptors (Lipinski definition) is 3. The molecule has 170 valence electrons. The lowest BCUT2D eigenvalue weighted by Crippen LogP contribution is -2.43. The highest BCUT2D eigenvalue weighted by molar-refractivity contribution is 5.89. The van der Waals surface area contributed by atoms with Gasteiger partial charge < -0.3 is 10.2 Å². The second-order valence-electron chi connectivity index (χ2n) is 8.06. The molecule has 0 fully saturated rings. The van der Waals surface area contributed by atoms with Crippen LogP contribution in [0.5, 0.6) is 0 Å². The predicted octanol–water partition coefficient (Wildman–Crippen LogP) is 4.71. The maximum atomic E-state index is 13.6. The summed E-state index contributed by atoms with van der Waals surface area (Å²) in [5, 5.41) is 3.02. The van der Waals surface area contributed by atoms with Crippen LogP contribution >= 0.6 is 0 Å². The summed E-state index contributed by atoms with van der Waals surface area (Å²) in [6.07, 6.45) is 3.61. The SMILES string of the molecule is O=C(NCc1ccncc1)[C@H](c1ccccc1)N(Cc1ccccc1)C(=O)Cc1ccccc1. The summed E-state index contributed by atoms with van der Waals surface area (Å²) in [6, 6.07) is 31.8. The lowest BCUT2D eigenvalue weighted by atomic mass is 10.0. The van der Waals surface area contributed by atoms with Crippen LogP contribution in [0.25, 0.3) is 0 Å². The number of carbonyl (C=O) groups excluding carboxylic acids is 2. The van der Waals surface area contributed by atoms with Gasteiger partial charge in [0.25, 0.3) is 0 Å². The first kappa shape index (κ1) is 22.9. The van der Waals surface area contributed by atoms with Gasteiger partial charge in [-0.1, -0.05) is 91.0 Å². The van der Waals surface area contributed by atoms with Crippen molar-refractivity contribution in [2.45, 2.75) is 25.6 Å². The van der Waals surface area contributed by atoms with Gasteiger partial charge in [-0.3, -0.25) is 14.6 Å². The van der Waals surface area contributed by atoms with Crippen LogP contribution in [0.1, 0.15) is 28.3 Å². The van der Waals surface area contributed by atoms with E-state index in [0.29, 0.717) is 13.1 Å². The van der Waals surface area contributed by atoms with Gasteiger partial charge in [-0.2, -0.15) is 0 Å². The second-order valence-corrected chi connectivity index (χ2v) is 8.06. The van der Waals surface area contributed by atoms with Crippen LogP contribution < -0.4 is 5.32 Å². The van der Waals surface area contributed by atoms with E-state index < -0.39 is 6.04 Å². The molecule has 4 aromatic rings. The number of carbonyl (C=O) groups is 2. The topological polar surface area (TPSA) is 62.3 Å². The summed E-state index contributed by atoms with van der Waals surface area (Å²) in [7, 11) is 0. The number of amides is 2. The number of rotatable bonds is 9. The molecule has 0 saturated heterocycles. The van der Waals surface area contributed by atoms with Crippen LogP contribution in [0.15, 0.2) is 116 Å². The number of aromatic nitrogens is 1. The summed E-state index contributed by atoms with van der Waals surface area (Å²) in [6.45, 7) is 0.686. The molecule has 0 spiro atoms. The van der Waals surface area contributed by atoms with Crippen molar-refractivity contribution in [1.29, 1.82) is 0 Å². The molecule has 5 nitrogen and oxygen atoms in total. The van der Waals surface area contributed by atoms with Crippen LogP contribution in [0.3, 0.4) is 0 Å². The van der Waals surface area contributed by atoms with Gasteiger partial charge in [0, 0.05) is 25.5 Å². The molecule has 5 heteroatoms. The summed E-state index contributed by atoms with van der Waals surface area (Å²) < 4.78 is 0. The van der Waals surface area contributed by atoms with Crippen molar-refractivity contribution >= 4 is 11.8 Å². The van der Waals surface area contributed by atoms with E-state index in [4.69, 9.17) is 0 Å². The van der Waals surface area contributed by atoms with E-state index in [1.165, 1.54) is 0 Å². The number of benzene rings is 3. The first-order valence-electron chi connectivity index (χ1n) is 11.3. The van der Waals surface area contributed by atoms with Crippen LogP contribution in [0.2, 0.25) is 0 Å². The van der Waals surface area contributed by atoms with Crippen LogP contribution in [0, 0.1) is 0 Å². The maximum absolute atomic E-state index is 13.6. The molecular formula is C29H27N3O2. The van der Waals surface area contributed by atoms with Crippen molar-refractivity contribution in [3.8, 4) is 0 Å². The third-order valence-electron chi connectivity index (χ3n) is 5.61. The fourth-order valence-electron chi connectivity index (χ4n) is 3.87. The Morgan fingerprint density at radius 3 is 1.88 bits per heavy atom. The number of nitrogens with zero attached hydrogens (tertiary/aromatic N) is 2. The summed E-state index contributed by atoms with van der Waals surface area (Å²) >= 11 is 0. The molecule has 1 N–H and O–H groups in total. The predicted molar refractivity (Wildman–Crippen MR) is 132 cm³/mol. The first-order valence-corrected chi connectivity index (χ1v) is 11.3. The Morgan fingerprint density at radius 1 is 0.706 bits per heavy atom. The van der Waals surface area contributed by atoms with E-state index in [1.807, 2.05) is 103 Å². The molecule has 1 atom stereocenters. The molecule has 34 heavy (non-hydrogen) atoms. The standard InChI is InChI=1S/C29H27N3O2/c33-27(20-23-10-4-1-5-11-23)32(22-25-12-6-2-7-13-25)28(26-14-8-3-9-15-26)29(34)31-21-24-16-18-30-19-17-24/h1-19,28H,20-22H2,(H,31,34)/t28-/m0/s1. The average Bonchev–Trinajstić information content (AvgIpc) is 2.89. The minimum absolute atomic E-state index is 0.108. The minimum atomic E-state index is -0.764. The number of hydrogen-bond donors (Lipinski definition) is 1. The molecule has 3 aromatic carbocycles. The monoisotopic (exact) mass is 449 g/mol. The highest BCUT2D eigenvalue weighted by Gasteiger charge is 2.31. The molecule has 0 unspecified atom stereocenters. The van der Waals surface area contributed by atoms with Crippen molar-refractivity contribution in [2.24, 2.45) is 0 Å². The summed E-state index contributed by atoms with van der Waals surface area (Å²) in [5.74, 6) is -0.330. The van der Waals surface area contributed by atoms with Crippen molar-refractivity contribution in [2.75, 3.05) is 0 Å². The van der Waals surface area contributed by atoms with Gasteiger partial charge >= 0.3 is 0 Å². The molecule has 2 amide bonds. The highest BCUT2D eigenvalue weighted by atomic mass is 16.2. The molecule has 0 bridgehead atoms. The van der Waals surface area contributed by atoms with E-state index in [0.717, 1.165) is 22.3 Å².